The van der Waals surface area contributed by atoms with Gasteiger partial charge in [0.05, 0.1) is 0 Å². The Morgan fingerprint density at radius 3 is 2.73 bits per heavy atom. The zero-order valence-corrected chi connectivity index (χ0v) is 11.5. The molecule has 0 amide bonds. The summed E-state index contributed by atoms with van der Waals surface area (Å²) in [6.07, 6.45) is 4.57. The van der Waals surface area contributed by atoms with Crippen molar-refractivity contribution in [3.05, 3.63) is 17.6 Å². The highest BCUT2D eigenvalue weighted by Gasteiger charge is 2.29. The number of hydrogen-bond donors (Lipinski definition) is 0. The van der Waals surface area contributed by atoms with Crippen LogP contribution in [-0.2, 0) is 0 Å². The lowest BCUT2D eigenvalue weighted by Gasteiger charge is -2.21. The third-order valence-electron chi connectivity index (χ3n) is 2.77. The van der Waals surface area contributed by atoms with Crippen LogP contribution < -0.4 is 4.90 Å². The van der Waals surface area contributed by atoms with Crippen LogP contribution in [0.1, 0.15) is 35.1 Å². The van der Waals surface area contributed by atoms with Gasteiger partial charge >= 0.3 is 0 Å². The van der Waals surface area contributed by atoms with Gasteiger partial charge in [-0.05, 0) is 26.7 Å². The fraction of sp³-hybridized carbons (Fsp3) is 0.636. The minimum atomic E-state index is 0.458. The third-order valence-corrected chi connectivity index (χ3v) is 3.44. The van der Waals surface area contributed by atoms with Crippen molar-refractivity contribution in [1.82, 2.24) is 9.97 Å². The maximum Gasteiger partial charge on any atom is 0.136 e. The van der Waals surface area contributed by atoms with E-state index in [9.17, 15) is 0 Å². The number of anilines is 1. The predicted octanol–water partition coefficient (Wildman–Crippen LogP) is 2.88. The Balaban J connectivity index is 2.36. The SMILES string of the molecule is Cc1ncc(C(C)I)c(N(C)C2CC2)n1. The molecule has 4 heteroatoms. The van der Waals surface area contributed by atoms with Crippen LogP contribution in [0.2, 0.25) is 0 Å². The van der Waals surface area contributed by atoms with Crippen LogP contribution in [0.25, 0.3) is 0 Å². The molecule has 1 saturated carbocycles. The normalized spacial score (nSPS) is 17.6. The Labute approximate surface area is 104 Å². The molecular formula is C11H16IN3. The van der Waals surface area contributed by atoms with Crippen molar-refractivity contribution in [3.8, 4) is 0 Å². The summed E-state index contributed by atoms with van der Waals surface area (Å²) in [5, 5.41) is 0. The molecular weight excluding hydrogens is 301 g/mol. The minimum absolute atomic E-state index is 0.458. The first-order valence-corrected chi connectivity index (χ1v) is 6.54. The summed E-state index contributed by atoms with van der Waals surface area (Å²) in [6, 6.07) is 0.702. The molecule has 1 aliphatic carbocycles. The minimum Gasteiger partial charge on any atom is -0.356 e. The fourth-order valence-corrected chi connectivity index (χ4v) is 2.10. The zero-order valence-electron chi connectivity index (χ0n) is 9.37. The van der Waals surface area contributed by atoms with Crippen LogP contribution in [0.15, 0.2) is 6.20 Å². The third kappa shape index (κ3) is 2.41. The Morgan fingerprint density at radius 1 is 1.53 bits per heavy atom. The molecule has 15 heavy (non-hydrogen) atoms. The van der Waals surface area contributed by atoms with Crippen LogP contribution in [-0.4, -0.2) is 23.1 Å². The molecule has 1 atom stereocenters. The molecule has 1 aromatic rings. The molecule has 0 N–H and O–H groups in total. The first-order valence-electron chi connectivity index (χ1n) is 5.30. The van der Waals surface area contributed by atoms with Crippen LogP contribution in [0.5, 0.6) is 0 Å². The van der Waals surface area contributed by atoms with E-state index in [1.807, 2.05) is 13.1 Å². The lowest BCUT2D eigenvalue weighted by Crippen LogP contribution is -2.23. The lowest BCUT2D eigenvalue weighted by atomic mass is 10.2. The van der Waals surface area contributed by atoms with Crippen molar-refractivity contribution in [3.63, 3.8) is 0 Å². The van der Waals surface area contributed by atoms with Crippen molar-refractivity contribution >= 4 is 28.4 Å². The van der Waals surface area contributed by atoms with Gasteiger partial charge < -0.3 is 4.90 Å². The van der Waals surface area contributed by atoms with Crippen molar-refractivity contribution in [2.45, 2.75) is 36.7 Å². The Morgan fingerprint density at radius 2 is 2.20 bits per heavy atom. The van der Waals surface area contributed by atoms with E-state index in [0.717, 1.165) is 11.6 Å². The summed E-state index contributed by atoms with van der Waals surface area (Å²) < 4.78 is 0.458. The molecule has 0 saturated heterocycles. The summed E-state index contributed by atoms with van der Waals surface area (Å²) in [4.78, 5) is 11.2. The van der Waals surface area contributed by atoms with Crippen molar-refractivity contribution in [1.29, 1.82) is 0 Å². The first kappa shape index (κ1) is 11.1. The molecule has 2 rings (SSSR count). The maximum absolute atomic E-state index is 4.57. The topological polar surface area (TPSA) is 29.0 Å². The van der Waals surface area contributed by atoms with Gasteiger partial charge in [0.2, 0.25) is 0 Å². The molecule has 1 aliphatic rings. The lowest BCUT2D eigenvalue weighted by molar-refractivity contribution is 0.853. The van der Waals surface area contributed by atoms with Crippen LogP contribution in [0, 0.1) is 6.92 Å². The van der Waals surface area contributed by atoms with Gasteiger partial charge in [-0.25, -0.2) is 9.97 Å². The summed E-state index contributed by atoms with van der Waals surface area (Å²) in [7, 11) is 2.14. The molecule has 1 heterocycles. The molecule has 0 aromatic carbocycles. The van der Waals surface area contributed by atoms with E-state index in [0.29, 0.717) is 9.97 Å². The standard InChI is InChI=1S/C11H16IN3/c1-7(12)10-6-13-8(2)14-11(10)15(3)9-4-5-9/h6-7,9H,4-5H2,1-3H3. The van der Waals surface area contributed by atoms with Gasteiger partial charge in [0.1, 0.15) is 11.6 Å². The van der Waals surface area contributed by atoms with E-state index in [4.69, 9.17) is 0 Å². The fourth-order valence-electron chi connectivity index (χ4n) is 1.67. The molecule has 1 unspecified atom stereocenters. The largest absolute Gasteiger partial charge is 0.356 e. The highest BCUT2D eigenvalue weighted by molar-refractivity contribution is 14.1. The Kier molecular flexibility index (Phi) is 3.13. The molecule has 0 bridgehead atoms. The second-order valence-corrected chi connectivity index (χ2v) is 6.02. The molecule has 82 valence electrons. The van der Waals surface area contributed by atoms with Crippen molar-refractivity contribution < 1.29 is 0 Å². The highest BCUT2D eigenvalue weighted by Crippen LogP contribution is 2.35. The predicted molar refractivity (Wildman–Crippen MR) is 70.6 cm³/mol. The van der Waals surface area contributed by atoms with Crippen LogP contribution in [0.3, 0.4) is 0 Å². The molecule has 1 aromatic heterocycles. The highest BCUT2D eigenvalue weighted by atomic mass is 127. The van der Waals surface area contributed by atoms with Gasteiger partial charge in [-0.15, -0.1) is 0 Å². The smallest absolute Gasteiger partial charge is 0.136 e. The monoisotopic (exact) mass is 317 g/mol. The summed E-state index contributed by atoms with van der Waals surface area (Å²) in [5.41, 5.74) is 1.25. The molecule has 1 fully saturated rings. The van der Waals surface area contributed by atoms with E-state index in [2.05, 4.69) is 51.4 Å². The van der Waals surface area contributed by atoms with Gasteiger partial charge in [-0.2, -0.15) is 0 Å². The second kappa shape index (κ2) is 4.23. The van der Waals surface area contributed by atoms with Gasteiger partial charge in [-0.3, -0.25) is 0 Å². The molecule has 3 nitrogen and oxygen atoms in total. The number of halogens is 1. The van der Waals surface area contributed by atoms with E-state index in [-0.39, 0.29) is 0 Å². The van der Waals surface area contributed by atoms with E-state index < -0.39 is 0 Å². The quantitative estimate of drug-likeness (QED) is 0.634. The average molecular weight is 317 g/mol. The van der Waals surface area contributed by atoms with E-state index >= 15 is 0 Å². The average Bonchev–Trinajstić information content (AvgIpc) is 2.99. The summed E-state index contributed by atoms with van der Waals surface area (Å²) in [5.74, 6) is 1.98. The van der Waals surface area contributed by atoms with Crippen LogP contribution >= 0.6 is 22.6 Å². The molecule has 0 aliphatic heterocycles. The number of rotatable bonds is 3. The summed E-state index contributed by atoms with van der Waals surface area (Å²) >= 11 is 2.42. The van der Waals surface area contributed by atoms with Gasteiger partial charge in [-0.1, -0.05) is 22.6 Å². The summed E-state index contributed by atoms with van der Waals surface area (Å²) in [6.45, 7) is 4.13. The number of hydrogen-bond acceptors (Lipinski definition) is 3. The van der Waals surface area contributed by atoms with E-state index in [1.54, 1.807) is 0 Å². The second-order valence-electron chi connectivity index (χ2n) is 4.15. The number of aromatic nitrogens is 2. The van der Waals surface area contributed by atoms with Gasteiger partial charge in [0.15, 0.2) is 0 Å². The van der Waals surface area contributed by atoms with Gasteiger partial charge in [0, 0.05) is 28.8 Å². The maximum atomic E-state index is 4.57. The number of alkyl halides is 1. The number of aryl methyl sites for hydroxylation is 1. The Hall–Kier alpha value is -0.390. The molecule has 0 radical (unpaired) electrons. The zero-order chi connectivity index (χ0) is 11.0. The molecule has 0 spiro atoms. The first-order chi connectivity index (χ1) is 7.09. The van der Waals surface area contributed by atoms with Crippen molar-refractivity contribution in [2.75, 3.05) is 11.9 Å². The Bertz CT molecular complexity index is 361. The van der Waals surface area contributed by atoms with Gasteiger partial charge in [0.25, 0.3) is 0 Å². The van der Waals surface area contributed by atoms with Crippen LogP contribution in [0.4, 0.5) is 5.82 Å². The van der Waals surface area contributed by atoms with E-state index in [1.165, 1.54) is 18.4 Å². The van der Waals surface area contributed by atoms with Crippen molar-refractivity contribution in [2.24, 2.45) is 0 Å². The number of nitrogens with zero attached hydrogens (tertiary/aromatic N) is 3.